The third-order valence-corrected chi connectivity index (χ3v) is 3.44. The van der Waals surface area contributed by atoms with Gasteiger partial charge in [-0.1, -0.05) is 17.7 Å². The molecule has 1 fully saturated rings. The van der Waals surface area contributed by atoms with Gasteiger partial charge in [0.05, 0.1) is 18.2 Å². The molecular weight excluding hydrogens is 264 g/mol. The fourth-order valence-electron chi connectivity index (χ4n) is 2.08. The standard InChI is InChI=1S/C14H21ClN2O2/c1-16-11-12-2-3-14(13(15)10-12)19-9-6-17-4-7-18-8-5-17/h2-3,10,16H,4-9,11H2,1H3. The predicted octanol–water partition coefficient (Wildman–Crippen LogP) is 1.77. The maximum absolute atomic E-state index is 6.20. The summed E-state index contributed by atoms with van der Waals surface area (Å²) in [6.45, 7) is 5.99. The summed E-state index contributed by atoms with van der Waals surface area (Å²) in [5.41, 5.74) is 1.16. The zero-order valence-corrected chi connectivity index (χ0v) is 12.1. The highest BCUT2D eigenvalue weighted by Crippen LogP contribution is 2.25. The maximum atomic E-state index is 6.20. The molecule has 0 atom stereocenters. The first-order chi connectivity index (χ1) is 9.29. The molecule has 0 saturated carbocycles. The van der Waals surface area contributed by atoms with Crippen molar-refractivity contribution < 1.29 is 9.47 Å². The van der Waals surface area contributed by atoms with Gasteiger partial charge in [-0.15, -0.1) is 0 Å². The number of nitrogens with one attached hydrogen (secondary N) is 1. The Kier molecular flexibility index (Phi) is 5.92. The number of rotatable bonds is 6. The fraction of sp³-hybridized carbons (Fsp3) is 0.571. The first-order valence-electron chi connectivity index (χ1n) is 6.65. The van der Waals surface area contributed by atoms with Crippen LogP contribution in [0.5, 0.6) is 5.75 Å². The molecule has 0 bridgehead atoms. The van der Waals surface area contributed by atoms with Crippen LogP contribution >= 0.6 is 11.6 Å². The van der Waals surface area contributed by atoms with Crippen LogP contribution in [0.1, 0.15) is 5.56 Å². The third kappa shape index (κ3) is 4.66. The SMILES string of the molecule is CNCc1ccc(OCCN2CCOCC2)c(Cl)c1. The molecule has 1 N–H and O–H groups in total. The lowest BCUT2D eigenvalue weighted by molar-refractivity contribution is 0.0322. The second-order valence-corrected chi connectivity index (χ2v) is 5.00. The molecule has 1 aliphatic heterocycles. The Hall–Kier alpha value is -0.810. The Morgan fingerprint density at radius 1 is 1.37 bits per heavy atom. The quantitative estimate of drug-likeness (QED) is 0.863. The van der Waals surface area contributed by atoms with Crippen molar-refractivity contribution in [3.63, 3.8) is 0 Å². The van der Waals surface area contributed by atoms with Crippen LogP contribution in [0.25, 0.3) is 0 Å². The van der Waals surface area contributed by atoms with Crippen LogP contribution in [0.15, 0.2) is 18.2 Å². The predicted molar refractivity (Wildman–Crippen MR) is 77.0 cm³/mol. The highest BCUT2D eigenvalue weighted by atomic mass is 35.5. The van der Waals surface area contributed by atoms with Gasteiger partial charge < -0.3 is 14.8 Å². The molecule has 1 saturated heterocycles. The lowest BCUT2D eigenvalue weighted by atomic mass is 10.2. The number of morpholine rings is 1. The summed E-state index contributed by atoms with van der Waals surface area (Å²) in [7, 11) is 1.92. The van der Waals surface area contributed by atoms with E-state index in [1.54, 1.807) is 0 Å². The molecule has 0 unspecified atom stereocenters. The molecule has 2 rings (SSSR count). The van der Waals surface area contributed by atoms with E-state index >= 15 is 0 Å². The molecule has 1 aromatic rings. The highest BCUT2D eigenvalue weighted by Gasteiger charge is 2.10. The van der Waals surface area contributed by atoms with Crippen molar-refractivity contribution in [3.8, 4) is 5.75 Å². The summed E-state index contributed by atoms with van der Waals surface area (Å²) in [5.74, 6) is 0.759. The molecule has 0 aliphatic carbocycles. The molecule has 0 spiro atoms. The van der Waals surface area contributed by atoms with Gasteiger partial charge in [-0.25, -0.2) is 0 Å². The summed E-state index contributed by atoms with van der Waals surface area (Å²) in [4.78, 5) is 2.34. The van der Waals surface area contributed by atoms with E-state index in [4.69, 9.17) is 21.1 Å². The molecule has 1 aliphatic rings. The van der Waals surface area contributed by atoms with Crippen molar-refractivity contribution in [3.05, 3.63) is 28.8 Å². The number of hydrogen-bond acceptors (Lipinski definition) is 4. The molecule has 4 nitrogen and oxygen atoms in total. The van der Waals surface area contributed by atoms with Crippen molar-refractivity contribution in [2.45, 2.75) is 6.54 Å². The van der Waals surface area contributed by atoms with Gasteiger partial charge in [0.15, 0.2) is 0 Å². The molecule has 106 valence electrons. The van der Waals surface area contributed by atoms with E-state index < -0.39 is 0 Å². The molecule has 5 heteroatoms. The van der Waals surface area contributed by atoms with Gasteiger partial charge in [0.2, 0.25) is 0 Å². The van der Waals surface area contributed by atoms with E-state index in [2.05, 4.69) is 10.2 Å². The average Bonchev–Trinajstić information content (AvgIpc) is 2.43. The maximum Gasteiger partial charge on any atom is 0.137 e. The molecule has 0 amide bonds. The van der Waals surface area contributed by atoms with Crippen LogP contribution < -0.4 is 10.1 Å². The number of ether oxygens (including phenoxy) is 2. The molecule has 19 heavy (non-hydrogen) atoms. The minimum absolute atomic E-state index is 0.658. The number of benzene rings is 1. The van der Waals surface area contributed by atoms with Gasteiger partial charge in [-0.2, -0.15) is 0 Å². The van der Waals surface area contributed by atoms with Crippen LogP contribution in [-0.2, 0) is 11.3 Å². The number of halogens is 1. The Labute approximate surface area is 119 Å². The Morgan fingerprint density at radius 3 is 2.84 bits per heavy atom. The van der Waals surface area contributed by atoms with E-state index in [1.807, 2.05) is 25.2 Å². The summed E-state index contributed by atoms with van der Waals surface area (Å²) >= 11 is 6.20. The first kappa shape index (κ1) is 14.6. The number of hydrogen-bond donors (Lipinski definition) is 1. The van der Waals surface area contributed by atoms with Crippen LogP contribution in [0.4, 0.5) is 0 Å². The smallest absolute Gasteiger partial charge is 0.137 e. The minimum atomic E-state index is 0.658. The Balaban J connectivity index is 1.78. The normalized spacial score (nSPS) is 16.5. The summed E-state index contributed by atoms with van der Waals surface area (Å²) < 4.78 is 11.0. The average molecular weight is 285 g/mol. The van der Waals surface area contributed by atoms with E-state index in [9.17, 15) is 0 Å². The van der Waals surface area contributed by atoms with Crippen LogP contribution in [0, 0.1) is 0 Å². The van der Waals surface area contributed by atoms with Crippen molar-refractivity contribution >= 4 is 11.6 Å². The van der Waals surface area contributed by atoms with Gasteiger partial charge in [-0.05, 0) is 24.7 Å². The summed E-state index contributed by atoms with van der Waals surface area (Å²) in [5, 5.41) is 3.77. The van der Waals surface area contributed by atoms with E-state index in [0.29, 0.717) is 11.6 Å². The van der Waals surface area contributed by atoms with Gasteiger partial charge in [0.1, 0.15) is 12.4 Å². The van der Waals surface area contributed by atoms with Crippen molar-refractivity contribution in [1.29, 1.82) is 0 Å². The molecule has 0 radical (unpaired) electrons. The first-order valence-corrected chi connectivity index (χ1v) is 7.03. The highest BCUT2D eigenvalue weighted by molar-refractivity contribution is 6.32. The number of nitrogens with zero attached hydrogens (tertiary/aromatic N) is 1. The van der Waals surface area contributed by atoms with Gasteiger partial charge in [-0.3, -0.25) is 4.90 Å². The van der Waals surface area contributed by atoms with Crippen molar-refractivity contribution in [2.75, 3.05) is 46.5 Å². The molecular formula is C14H21ClN2O2. The van der Waals surface area contributed by atoms with Gasteiger partial charge in [0, 0.05) is 26.2 Å². The van der Waals surface area contributed by atoms with Gasteiger partial charge in [0.25, 0.3) is 0 Å². The van der Waals surface area contributed by atoms with Crippen molar-refractivity contribution in [1.82, 2.24) is 10.2 Å². The minimum Gasteiger partial charge on any atom is -0.491 e. The Bertz CT molecular complexity index is 395. The lowest BCUT2D eigenvalue weighted by Gasteiger charge is -2.26. The second kappa shape index (κ2) is 7.70. The monoisotopic (exact) mass is 284 g/mol. The lowest BCUT2D eigenvalue weighted by Crippen LogP contribution is -2.38. The fourth-order valence-corrected chi connectivity index (χ4v) is 2.34. The third-order valence-electron chi connectivity index (χ3n) is 3.15. The molecule has 0 aromatic heterocycles. The largest absolute Gasteiger partial charge is 0.491 e. The van der Waals surface area contributed by atoms with Crippen LogP contribution in [0.3, 0.4) is 0 Å². The van der Waals surface area contributed by atoms with E-state index in [0.717, 1.165) is 50.7 Å². The zero-order valence-electron chi connectivity index (χ0n) is 11.3. The van der Waals surface area contributed by atoms with Crippen LogP contribution in [0.2, 0.25) is 5.02 Å². The van der Waals surface area contributed by atoms with Gasteiger partial charge >= 0.3 is 0 Å². The van der Waals surface area contributed by atoms with Crippen LogP contribution in [-0.4, -0.2) is 51.4 Å². The Morgan fingerprint density at radius 2 is 2.16 bits per heavy atom. The topological polar surface area (TPSA) is 33.7 Å². The second-order valence-electron chi connectivity index (χ2n) is 4.60. The molecule has 1 heterocycles. The zero-order chi connectivity index (χ0) is 13.5. The van der Waals surface area contributed by atoms with Crippen molar-refractivity contribution in [2.24, 2.45) is 0 Å². The summed E-state index contributed by atoms with van der Waals surface area (Å²) in [6.07, 6.45) is 0. The molecule has 1 aromatic carbocycles. The van der Waals surface area contributed by atoms with E-state index in [1.165, 1.54) is 0 Å². The van der Waals surface area contributed by atoms with E-state index in [-0.39, 0.29) is 0 Å². The summed E-state index contributed by atoms with van der Waals surface area (Å²) in [6, 6.07) is 5.92.